The number of sulfonamides is 1. The van der Waals surface area contributed by atoms with Crippen LogP contribution in [0.5, 0.6) is 0 Å². The maximum atomic E-state index is 12.5. The van der Waals surface area contributed by atoms with Crippen LogP contribution in [0.25, 0.3) is 0 Å². The van der Waals surface area contributed by atoms with Crippen molar-refractivity contribution in [2.24, 2.45) is 0 Å². The zero-order chi connectivity index (χ0) is 14.8. The average molecular weight is 300 g/mol. The van der Waals surface area contributed by atoms with Crippen molar-refractivity contribution in [3.8, 4) is 0 Å². The molecule has 1 aliphatic rings. The predicted molar refractivity (Wildman–Crippen MR) is 78.1 cm³/mol. The van der Waals surface area contributed by atoms with Crippen molar-refractivity contribution in [2.45, 2.75) is 50.7 Å². The van der Waals surface area contributed by atoms with Crippen molar-refractivity contribution in [3.63, 3.8) is 0 Å². The lowest BCUT2D eigenvalue weighted by Gasteiger charge is -2.32. The van der Waals surface area contributed by atoms with Gasteiger partial charge in [-0.15, -0.1) is 0 Å². The number of hydrogen-bond acceptors (Lipinski definition) is 4. The summed E-state index contributed by atoms with van der Waals surface area (Å²) in [4.78, 5) is 2.27. The fraction of sp³-hybridized carbons (Fsp3) is 0.769. The molecule has 1 N–H and O–H groups in total. The van der Waals surface area contributed by atoms with Gasteiger partial charge in [0.05, 0.1) is 6.20 Å². The minimum Gasteiger partial charge on any atom is -0.302 e. The first kappa shape index (κ1) is 15.5. The Morgan fingerprint density at radius 2 is 2.25 bits per heavy atom. The Balaban J connectivity index is 2.13. The Morgan fingerprint density at radius 1 is 1.50 bits per heavy atom. The predicted octanol–water partition coefficient (Wildman–Crippen LogP) is 1.23. The van der Waals surface area contributed by atoms with E-state index in [4.69, 9.17) is 0 Å². The molecule has 7 heteroatoms. The molecule has 2 rings (SSSR count). The smallest absolute Gasteiger partial charge is 0.258 e. The highest BCUT2D eigenvalue weighted by Gasteiger charge is 2.27. The summed E-state index contributed by atoms with van der Waals surface area (Å²) in [6.07, 6.45) is 3.46. The standard InChI is InChI=1S/C13H24N4O2S/c1-4-16-9-5-6-12(10-16)15-20(18,19)13-7-8-14-17(13)11(2)3/h7-8,11-12,15H,4-6,9-10H2,1-3H3. The number of nitrogens with zero attached hydrogens (tertiary/aromatic N) is 3. The molecule has 1 aromatic rings. The zero-order valence-electron chi connectivity index (χ0n) is 12.4. The highest BCUT2D eigenvalue weighted by molar-refractivity contribution is 7.89. The molecular weight excluding hydrogens is 276 g/mol. The second-order valence-electron chi connectivity index (χ2n) is 5.56. The van der Waals surface area contributed by atoms with E-state index >= 15 is 0 Å². The molecule has 1 aliphatic heterocycles. The van der Waals surface area contributed by atoms with Crippen LogP contribution < -0.4 is 4.72 Å². The fourth-order valence-corrected chi connectivity index (χ4v) is 4.12. The second kappa shape index (κ2) is 6.24. The Hall–Kier alpha value is -0.920. The van der Waals surface area contributed by atoms with Crippen molar-refractivity contribution < 1.29 is 8.42 Å². The van der Waals surface area contributed by atoms with Gasteiger partial charge in [-0.2, -0.15) is 5.10 Å². The molecule has 0 aliphatic carbocycles. The largest absolute Gasteiger partial charge is 0.302 e. The van der Waals surface area contributed by atoms with E-state index in [9.17, 15) is 8.42 Å². The summed E-state index contributed by atoms with van der Waals surface area (Å²) in [5, 5.41) is 4.34. The third kappa shape index (κ3) is 3.39. The molecule has 6 nitrogen and oxygen atoms in total. The minimum absolute atomic E-state index is 0.00999. The van der Waals surface area contributed by atoms with E-state index in [1.54, 1.807) is 10.7 Å². The van der Waals surface area contributed by atoms with Gasteiger partial charge in [0.15, 0.2) is 5.03 Å². The van der Waals surface area contributed by atoms with Gasteiger partial charge in [0.25, 0.3) is 10.0 Å². The van der Waals surface area contributed by atoms with Gasteiger partial charge in [-0.05, 0) is 45.8 Å². The molecule has 0 aromatic carbocycles. The summed E-state index contributed by atoms with van der Waals surface area (Å²) >= 11 is 0. The normalized spacial score (nSPS) is 21.5. The van der Waals surface area contributed by atoms with Crippen LogP contribution >= 0.6 is 0 Å². The molecule has 2 heterocycles. The topological polar surface area (TPSA) is 67.2 Å². The monoisotopic (exact) mass is 300 g/mol. The summed E-state index contributed by atoms with van der Waals surface area (Å²) in [5.41, 5.74) is 0. The Kier molecular flexibility index (Phi) is 4.82. The Morgan fingerprint density at radius 3 is 2.90 bits per heavy atom. The van der Waals surface area contributed by atoms with Gasteiger partial charge in [0.2, 0.25) is 0 Å². The van der Waals surface area contributed by atoms with Crippen LogP contribution in [0.1, 0.15) is 39.7 Å². The van der Waals surface area contributed by atoms with Crippen LogP contribution in [0.2, 0.25) is 0 Å². The summed E-state index contributed by atoms with van der Waals surface area (Å²) in [6, 6.07) is 1.57. The number of piperidine rings is 1. The molecule has 1 atom stereocenters. The van der Waals surface area contributed by atoms with E-state index < -0.39 is 10.0 Å². The lowest BCUT2D eigenvalue weighted by atomic mass is 10.1. The summed E-state index contributed by atoms with van der Waals surface area (Å²) < 4.78 is 29.4. The molecule has 0 amide bonds. The molecule has 114 valence electrons. The van der Waals surface area contributed by atoms with E-state index in [0.29, 0.717) is 0 Å². The third-order valence-corrected chi connectivity index (χ3v) is 5.19. The molecule has 0 radical (unpaired) electrons. The van der Waals surface area contributed by atoms with E-state index in [1.807, 2.05) is 13.8 Å². The first-order valence-corrected chi connectivity index (χ1v) is 8.70. The average Bonchev–Trinajstić information content (AvgIpc) is 2.88. The summed E-state index contributed by atoms with van der Waals surface area (Å²) in [7, 11) is -3.50. The molecule has 0 saturated carbocycles. The molecule has 1 saturated heterocycles. The summed E-state index contributed by atoms with van der Waals surface area (Å²) in [6.45, 7) is 8.74. The second-order valence-corrected chi connectivity index (χ2v) is 7.22. The van der Waals surface area contributed by atoms with E-state index in [1.165, 1.54) is 6.20 Å². The fourth-order valence-electron chi connectivity index (χ4n) is 2.62. The van der Waals surface area contributed by atoms with Gasteiger partial charge >= 0.3 is 0 Å². The van der Waals surface area contributed by atoms with Crippen LogP contribution in [-0.2, 0) is 10.0 Å². The van der Waals surface area contributed by atoms with Crippen LogP contribution in [-0.4, -0.2) is 48.8 Å². The van der Waals surface area contributed by atoms with Crippen molar-refractivity contribution in [3.05, 3.63) is 12.3 Å². The first-order valence-electron chi connectivity index (χ1n) is 7.22. The zero-order valence-corrected chi connectivity index (χ0v) is 13.2. The molecular formula is C13H24N4O2S. The maximum Gasteiger partial charge on any atom is 0.258 e. The van der Waals surface area contributed by atoms with Crippen LogP contribution in [0, 0.1) is 0 Å². The van der Waals surface area contributed by atoms with Gasteiger partial charge in [-0.1, -0.05) is 6.92 Å². The number of likely N-dealkylation sites (tertiary alicyclic amines) is 1. The van der Waals surface area contributed by atoms with E-state index in [2.05, 4.69) is 21.6 Å². The lowest BCUT2D eigenvalue weighted by molar-refractivity contribution is 0.211. The van der Waals surface area contributed by atoms with Crippen molar-refractivity contribution in [2.75, 3.05) is 19.6 Å². The molecule has 20 heavy (non-hydrogen) atoms. The van der Waals surface area contributed by atoms with Crippen LogP contribution in [0.15, 0.2) is 17.3 Å². The van der Waals surface area contributed by atoms with Crippen LogP contribution in [0.3, 0.4) is 0 Å². The highest BCUT2D eigenvalue weighted by atomic mass is 32.2. The number of hydrogen-bond donors (Lipinski definition) is 1. The maximum absolute atomic E-state index is 12.5. The van der Waals surface area contributed by atoms with Crippen molar-refractivity contribution in [1.82, 2.24) is 19.4 Å². The molecule has 1 fully saturated rings. The van der Waals surface area contributed by atoms with E-state index in [0.717, 1.165) is 32.5 Å². The lowest BCUT2D eigenvalue weighted by Crippen LogP contribution is -2.47. The van der Waals surface area contributed by atoms with Gasteiger partial charge < -0.3 is 4.90 Å². The first-order chi connectivity index (χ1) is 9.44. The third-order valence-electron chi connectivity index (χ3n) is 3.67. The highest BCUT2D eigenvalue weighted by Crippen LogP contribution is 2.16. The number of nitrogens with one attached hydrogen (secondary N) is 1. The number of likely N-dealkylation sites (N-methyl/N-ethyl adjacent to an activating group) is 1. The number of aromatic nitrogens is 2. The van der Waals surface area contributed by atoms with Gasteiger partial charge in [-0.25, -0.2) is 13.1 Å². The van der Waals surface area contributed by atoms with Gasteiger partial charge in [0, 0.05) is 18.6 Å². The molecule has 1 unspecified atom stereocenters. The van der Waals surface area contributed by atoms with Gasteiger partial charge in [-0.3, -0.25) is 4.68 Å². The Bertz CT molecular complexity index is 538. The quantitative estimate of drug-likeness (QED) is 0.888. The van der Waals surface area contributed by atoms with Crippen molar-refractivity contribution >= 4 is 10.0 Å². The van der Waals surface area contributed by atoms with Crippen LogP contribution in [0.4, 0.5) is 0 Å². The summed E-state index contributed by atoms with van der Waals surface area (Å²) in [5.74, 6) is 0. The van der Waals surface area contributed by atoms with Crippen molar-refractivity contribution in [1.29, 1.82) is 0 Å². The minimum atomic E-state index is -3.50. The molecule has 0 spiro atoms. The molecule has 0 bridgehead atoms. The Labute approximate surface area is 121 Å². The number of rotatable bonds is 5. The molecule has 1 aromatic heterocycles. The van der Waals surface area contributed by atoms with E-state index in [-0.39, 0.29) is 17.1 Å². The SMILES string of the molecule is CCN1CCCC(NS(=O)(=O)c2ccnn2C(C)C)C1. The van der Waals surface area contributed by atoms with Gasteiger partial charge in [0.1, 0.15) is 0 Å².